The van der Waals surface area contributed by atoms with Crippen molar-refractivity contribution in [3.05, 3.63) is 24.3 Å². The fourth-order valence-corrected chi connectivity index (χ4v) is 2.27. The van der Waals surface area contributed by atoms with E-state index in [1.807, 2.05) is 24.3 Å². The Hall–Kier alpha value is -2.00. The molecule has 0 saturated heterocycles. The lowest BCUT2D eigenvalue weighted by molar-refractivity contribution is -0.130. The van der Waals surface area contributed by atoms with Crippen LogP contribution in [-0.2, 0) is 4.79 Å². The molecular weight excluding hydrogens is 274 g/mol. The molecule has 0 N–H and O–H groups in total. The first-order valence-corrected chi connectivity index (χ1v) is 7.09. The van der Waals surface area contributed by atoms with E-state index in [9.17, 15) is 4.79 Å². The first kappa shape index (κ1) is 14.4. The number of rotatable bonds is 4. The van der Waals surface area contributed by atoms with Crippen LogP contribution in [0.1, 0.15) is 13.8 Å². The van der Waals surface area contributed by atoms with Crippen LogP contribution in [0.2, 0.25) is 0 Å². The largest absolute Gasteiger partial charge is 0.431 e. The highest BCUT2D eigenvalue weighted by Gasteiger charge is 2.27. The smallest absolute Gasteiger partial charge is 0.257 e. The van der Waals surface area contributed by atoms with Crippen molar-refractivity contribution in [1.82, 2.24) is 9.88 Å². The zero-order valence-electron chi connectivity index (χ0n) is 11.6. The van der Waals surface area contributed by atoms with Crippen LogP contribution in [0.4, 0.5) is 0 Å². The van der Waals surface area contributed by atoms with E-state index in [4.69, 9.17) is 9.68 Å². The van der Waals surface area contributed by atoms with Gasteiger partial charge in [0.2, 0.25) is 5.91 Å². The van der Waals surface area contributed by atoms with Gasteiger partial charge in [-0.2, -0.15) is 5.26 Å². The van der Waals surface area contributed by atoms with Gasteiger partial charge >= 0.3 is 0 Å². The van der Waals surface area contributed by atoms with Crippen molar-refractivity contribution >= 4 is 28.8 Å². The van der Waals surface area contributed by atoms with Crippen LogP contribution in [-0.4, -0.2) is 34.1 Å². The maximum Gasteiger partial charge on any atom is 0.257 e. The summed E-state index contributed by atoms with van der Waals surface area (Å²) < 4.78 is 5.53. The SMILES string of the molecule is CN(C(=O)CSc1nc2ccccc2o1)C(C)(C)C#N. The molecule has 0 saturated carbocycles. The summed E-state index contributed by atoms with van der Waals surface area (Å²) in [6.45, 7) is 3.41. The van der Waals surface area contributed by atoms with Crippen molar-refractivity contribution in [2.75, 3.05) is 12.8 Å². The Morgan fingerprint density at radius 2 is 2.20 bits per heavy atom. The maximum atomic E-state index is 12.0. The van der Waals surface area contributed by atoms with Gasteiger partial charge in [-0.25, -0.2) is 4.98 Å². The number of nitriles is 1. The number of hydrogen-bond acceptors (Lipinski definition) is 5. The first-order chi connectivity index (χ1) is 9.44. The molecule has 1 aromatic carbocycles. The van der Waals surface area contributed by atoms with Crippen LogP contribution in [0.25, 0.3) is 11.1 Å². The summed E-state index contributed by atoms with van der Waals surface area (Å²) in [7, 11) is 1.62. The molecule has 0 atom stereocenters. The van der Waals surface area contributed by atoms with E-state index in [1.165, 1.54) is 16.7 Å². The molecule has 5 nitrogen and oxygen atoms in total. The van der Waals surface area contributed by atoms with Gasteiger partial charge in [0, 0.05) is 7.05 Å². The second-order valence-corrected chi connectivity index (χ2v) is 5.79. The van der Waals surface area contributed by atoms with E-state index >= 15 is 0 Å². The first-order valence-electron chi connectivity index (χ1n) is 6.10. The molecule has 0 bridgehead atoms. The summed E-state index contributed by atoms with van der Waals surface area (Å²) in [5, 5.41) is 9.47. The number of benzene rings is 1. The third kappa shape index (κ3) is 2.94. The zero-order valence-corrected chi connectivity index (χ0v) is 12.4. The van der Waals surface area contributed by atoms with E-state index in [0.29, 0.717) is 10.8 Å². The molecule has 0 unspecified atom stereocenters. The number of aromatic nitrogens is 1. The summed E-state index contributed by atoms with van der Waals surface area (Å²) in [5.74, 6) is 0.0536. The molecular formula is C14H15N3O2S. The lowest BCUT2D eigenvalue weighted by atomic mass is 10.1. The summed E-state index contributed by atoms with van der Waals surface area (Å²) in [6.07, 6.45) is 0. The van der Waals surface area contributed by atoms with Gasteiger partial charge in [-0.15, -0.1) is 0 Å². The summed E-state index contributed by atoms with van der Waals surface area (Å²) >= 11 is 1.23. The van der Waals surface area contributed by atoms with Gasteiger partial charge in [0.05, 0.1) is 11.8 Å². The molecule has 1 aromatic heterocycles. The van der Waals surface area contributed by atoms with Crippen molar-refractivity contribution in [2.24, 2.45) is 0 Å². The highest BCUT2D eigenvalue weighted by molar-refractivity contribution is 7.99. The van der Waals surface area contributed by atoms with Crippen molar-refractivity contribution in [2.45, 2.75) is 24.6 Å². The fraction of sp³-hybridized carbons (Fsp3) is 0.357. The number of amides is 1. The van der Waals surface area contributed by atoms with Crippen LogP contribution < -0.4 is 0 Å². The Kier molecular flexibility index (Phi) is 4.00. The molecule has 0 aliphatic rings. The summed E-state index contributed by atoms with van der Waals surface area (Å²) in [4.78, 5) is 17.7. The Balaban J connectivity index is 2.02. The second-order valence-electron chi connectivity index (χ2n) is 4.86. The van der Waals surface area contributed by atoms with Crippen LogP contribution in [0, 0.1) is 11.3 Å². The standard InChI is InChI=1S/C14H15N3O2S/c1-14(2,9-15)17(3)12(18)8-20-13-16-10-6-4-5-7-11(10)19-13/h4-7H,8H2,1-3H3. The van der Waals surface area contributed by atoms with Gasteiger partial charge in [0.1, 0.15) is 11.1 Å². The monoisotopic (exact) mass is 289 g/mol. The molecule has 0 radical (unpaired) electrons. The Morgan fingerprint density at radius 3 is 2.85 bits per heavy atom. The van der Waals surface area contributed by atoms with Gasteiger partial charge in [-0.05, 0) is 26.0 Å². The van der Waals surface area contributed by atoms with Gasteiger partial charge in [-0.1, -0.05) is 23.9 Å². The molecule has 0 aliphatic carbocycles. The van der Waals surface area contributed by atoms with Gasteiger partial charge in [-0.3, -0.25) is 4.79 Å². The fourth-order valence-electron chi connectivity index (χ4n) is 1.52. The van der Waals surface area contributed by atoms with Crippen molar-refractivity contribution in [3.8, 4) is 6.07 Å². The van der Waals surface area contributed by atoms with Crippen molar-refractivity contribution in [3.63, 3.8) is 0 Å². The molecule has 104 valence electrons. The lowest BCUT2D eigenvalue weighted by Gasteiger charge is -2.28. The third-order valence-electron chi connectivity index (χ3n) is 3.08. The quantitative estimate of drug-likeness (QED) is 0.809. The summed E-state index contributed by atoms with van der Waals surface area (Å²) in [5.41, 5.74) is 0.653. The number of fused-ring (bicyclic) bond motifs is 1. The van der Waals surface area contributed by atoms with Crippen LogP contribution in [0.15, 0.2) is 33.9 Å². The number of carbonyl (C=O) groups excluding carboxylic acids is 1. The predicted molar refractivity (Wildman–Crippen MR) is 77.2 cm³/mol. The summed E-state index contributed by atoms with van der Waals surface area (Å²) in [6, 6.07) is 9.54. The zero-order chi connectivity index (χ0) is 14.8. The van der Waals surface area contributed by atoms with E-state index < -0.39 is 5.54 Å². The maximum absolute atomic E-state index is 12.0. The molecule has 0 fully saturated rings. The Bertz CT molecular complexity index is 639. The normalized spacial score (nSPS) is 11.3. The number of carbonyl (C=O) groups is 1. The molecule has 1 heterocycles. The van der Waals surface area contributed by atoms with E-state index in [-0.39, 0.29) is 11.7 Å². The average molecular weight is 289 g/mol. The van der Waals surface area contributed by atoms with Crippen molar-refractivity contribution < 1.29 is 9.21 Å². The lowest BCUT2D eigenvalue weighted by Crippen LogP contribution is -2.44. The Labute approximate surface area is 121 Å². The van der Waals surface area contributed by atoms with Crippen LogP contribution in [0.3, 0.4) is 0 Å². The molecule has 2 rings (SSSR count). The van der Waals surface area contributed by atoms with Crippen molar-refractivity contribution in [1.29, 1.82) is 5.26 Å². The minimum atomic E-state index is -0.820. The number of hydrogen-bond donors (Lipinski definition) is 0. The minimum Gasteiger partial charge on any atom is -0.431 e. The molecule has 1 amide bonds. The molecule has 6 heteroatoms. The molecule has 2 aromatic rings. The van der Waals surface area contributed by atoms with Crippen LogP contribution >= 0.6 is 11.8 Å². The van der Waals surface area contributed by atoms with Crippen LogP contribution in [0.5, 0.6) is 0 Å². The van der Waals surface area contributed by atoms with E-state index in [0.717, 1.165) is 5.52 Å². The number of thioether (sulfide) groups is 1. The molecule has 20 heavy (non-hydrogen) atoms. The van der Waals surface area contributed by atoms with Gasteiger partial charge < -0.3 is 9.32 Å². The topological polar surface area (TPSA) is 70.1 Å². The highest BCUT2D eigenvalue weighted by atomic mass is 32.2. The predicted octanol–water partition coefficient (Wildman–Crippen LogP) is 2.68. The van der Waals surface area contributed by atoms with E-state index in [1.54, 1.807) is 20.9 Å². The number of para-hydroxylation sites is 2. The molecule has 0 aliphatic heterocycles. The van der Waals surface area contributed by atoms with Gasteiger partial charge in [0.15, 0.2) is 5.58 Å². The van der Waals surface area contributed by atoms with Gasteiger partial charge in [0.25, 0.3) is 5.22 Å². The average Bonchev–Trinajstić information content (AvgIpc) is 2.86. The number of nitrogens with zero attached hydrogens (tertiary/aromatic N) is 3. The van der Waals surface area contributed by atoms with E-state index in [2.05, 4.69) is 11.1 Å². The molecule has 0 spiro atoms. The Morgan fingerprint density at radius 1 is 1.50 bits per heavy atom. The third-order valence-corrected chi connectivity index (χ3v) is 3.89. The second kappa shape index (κ2) is 5.55. The number of oxazole rings is 1. The highest BCUT2D eigenvalue weighted by Crippen LogP contribution is 2.24. The minimum absolute atomic E-state index is 0.135.